The van der Waals surface area contributed by atoms with Gasteiger partial charge in [0, 0.05) is 37.2 Å². The summed E-state index contributed by atoms with van der Waals surface area (Å²) < 4.78 is 31.0. The van der Waals surface area contributed by atoms with Gasteiger partial charge in [-0.25, -0.2) is 9.07 Å². The Hall–Kier alpha value is -3.59. The number of methoxy groups -OCH3 is 1. The molecule has 0 bridgehead atoms. The van der Waals surface area contributed by atoms with Crippen molar-refractivity contribution in [1.82, 2.24) is 19.9 Å². The number of carbonyl (C=O) groups is 1. The van der Waals surface area contributed by atoms with Crippen molar-refractivity contribution >= 4 is 16.9 Å². The van der Waals surface area contributed by atoms with Gasteiger partial charge >= 0.3 is 5.97 Å². The minimum Gasteiger partial charge on any atom is -0.458 e. The van der Waals surface area contributed by atoms with Gasteiger partial charge in [0.15, 0.2) is 12.4 Å². The Balaban J connectivity index is 1.79. The Kier molecular flexibility index (Phi) is 5.05. The van der Waals surface area contributed by atoms with Gasteiger partial charge in [0.05, 0.1) is 29.7 Å². The summed E-state index contributed by atoms with van der Waals surface area (Å²) >= 11 is 0. The number of pyridine rings is 1. The van der Waals surface area contributed by atoms with Crippen LogP contribution in [0.3, 0.4) is 0 Å². The van der Waals surface area contributed by atoms with Crippen LogP contribution in [0.25, 0.3) is 27.8 Å². The summed E-state index contributed by atoms with van der Waals surface area (Å²) in [7, 11) is 1.57. The van der Waals surface area contributed by atoms with Gasteiger partial charge in [0.25, 0.3) is 0 Å². The molecule has 3 heterocycles. The van der Waals surface area contributed by atoms with E-state index < -0.39 is 5.97 Å². The molecule has 148 valence electrons. The number of ether oxygens (including phenoxy) is 2. The highest BCUT2D eigenvalue weighted by Crippen LogP contribution is 2.29. The molecule has 0 aliphatic carbocycles. The van der Waals surface area contributed by atoms with Crippen LogP contribution in [0.5, 0.6) is 0 Å². The molecule has 0 aliphatic rings. The topological polar surface area (TPSA) is 92.3 Å². The van der Waals surface area contributed by atoms with Crippen LogP contribution in [0, 0.1) is 5.82 Å². The lowest BCUT2D eigenvalue weighted by molar-refractivity contribution is -0.142. The Morgan fingerprint density at radius 2 is 2.10 bits per heavy atom. The molecule has 9 heteroatoms. The van der Waals surface area contributed by atoms with Crippen LogP contribution >= 0.6 is 0 Å². The zero-order chi connectivity index (χ0) is 20.4. The van der Waals surface area contributed by atoms with E-state index in [1.165, 1.54) is 19.1 Å². The summed E-state index contributed by atoms with van der Waals surface area (Å²) in [4.78, 5) is 15.3. The van der Waals surface area contributed by atoms with Gasteiger partial charge in [0.1, 0.15) is 11.5 Å². The second-order valence-corrected chi connectivity index (χ2v) is 6.30. The maximum atomic E-state index is 13.8. The molecule has 0 aliphatic heterocycles. The molecular formula is C20H17FN4O4. The first-order valence-corrected chi connectivity index (χ1v) is 8.76. The molecule has 0 fully saturated rings. The third-order valence-corrected chi connectivity index (χ3v) is 4.31. The maximum Gasteiger partial charge on any atom is 0.303 e. The second kappa shape index (κ2) is 7.80. The van der Waals surface area contributed by atoms with Gasteiger partial charge in [-0.1, -0.05) is 5.16 Å². The number of halogens is 1. The molecule has 4 aromatic rings. The third kappa shape index (κ3) is 3.72. The molecular weight excluding hydrogens is 379 g/mol. The van der Waals surface area contributed by atoms with E-state index >= 15 is 0 Å². The zero-order valence-corrected chi connectivity index (χ0v) is 15.8. The molecule has 1 aromatic carbocycles. The predicted octanol–water partition coefficient (Wildman–Crippen LogP) is 3.42. The molecule has 0 N–H and O–H groups in total. The van der Waals surface area contributed by atoms with Crippen molar-refractivity contribution in [3.05, 3.63) is 60.0 Å². The van der Waals surface area contributed by atoms with E-state index in [0.717, 1.165) is 0 Å². The normalized spacial score (nSPS) is 11.1. The minimum absolute atomic E-state index is 0.00957. The molecule has 0 amide bonds. The first-order chi connectivity index (χ1) is 14.1. The van der Waals surface area contributed by atoms with Crippen molar-refractivity contribution < 1.29 is 23.2 Å². The van der Waals surface area contributed by atoms with Gasteiger partial charge in [-0.2, -0.15) is 5.10 Å². The van der Waals surface area contributed by atoms with Crippen LogP contribution in [0.1, 0.15) is 18.4 Å². The molecule has 29 heavy (non-hydrogen) atoms. The molecule has 4 rings (SSSR count). The average Bonchev–Trinajstić information content (AvgIpc) is 3.33. The first-order valence-electron chi connectivity index (χ1n) is 8.76. The third-order valence-electron chi connectivity index (χ3n) is 4.31. The van der Waals surface area contributed by atoms with Crippen molar-refractivity contribution in [2.24, 2.45) is 0 Å². The Morgan fingerprint density at radius 3 is 2.90 bits per heavy atom. The number of aromatic nitrogens is 4. The van der Waals surface area contributed by atoms with Crippen LogP contribution in [0.4, 0.5) is 4.39 Å². The Labute approximate surface area is 164 Å². The largest absolute Gasteiger partial charge is 0.458 e. The fourth-order valence-electron chi connectivity index (χ4n) is 3.04. The molecule has 0 atom stereocenters. The van der Waals surface area contributed by atoms with Crippen LogP contribution in [0.2, 0.25) is 0 Å². The summed E-state index contributed by atoms with van der Waals surface area (Å²) in [5.74, 6) is -0.366. The van der Waals surface area contributed by atoms with Crippen LogP contribution in [-0.4, -0.2) is 33.0 Å². The minimum atomic E-state index is -0.410. The first kappa shape index (κ1) is 18.8. The van der Waals surface area contributed by atoms with Gasteiger partial charge in [-0.05, 0) is 24.3 Å². The van der Waals surface area contributed by atoms with E-state index in [2.05, 4.69) is 15.2 Å². The number of nitrogens with zero attached hydrogens (tertiary/aromatic N) is 4. The van der Waals surface area contributed by atoms with E-state index in [1.54, 1.807) is 42.4 Å². The quantitative estimate of drug-likeness (QED) is 0.461. The van der Waals surface area contributed by atoms with E-state index in [-0.39, 0.29) is 19.0 Å². The average molecular weight is 396 g/mol. The van der Waals surface area contributed by atoms with Gasteiger partial charge in [0.2, 0.25) is 0 Å². The smallest absolute Gasteiger partial charge is 0.303 e. The Morgan fingerprint density at radius 1 is 1.24 bits per heavy atom. The molecule has 0 spiro atoms. The van der Waals surface area contributed by atoms with E-state index in [0.29, 0.717) is 39.3 Å². The van der Waals surface area contributed by atoms with E-state index in [9.17, 15) is 9.18 Å². The highest BCUT2D eigenvalue weighted by atomic mass is 19.1. The lowest BCUT2D eigenvalue weighted by Crippen LogP contribution is -2.05. The van der Waals surface area contributed by atoms with Crippen LogP contribution in [0.15, 0.2) is 47.2 Å². The van der Waals surface area contributed by atoms with Crippen molar-refractivity contribution in [3.8, 4) is 16.9 Å². The van der Waals surface area contributed by atoms with Gasteiger partial charge in [-0.15, -0.1) is 0 Å². The molecule has 0 unspecified atom stereocenters. The summed E-state index contributed by atoms with van der Waals surface area (Å²) in [6, 6.07) is 7.83. The fraction of sp³-hybridized carbons (Fsp3) is 0.200. The number of benzene rings is 1. The SMILES string of the molecule is COCc1c(-c2cc(COC(C)=O)on2)cnn1-c1ccnc2ccc(F)cc12. The lowest BCUT2D eigenvalue weighted by atomic mass is 10.1. The lowest BCUT2D eigenvalue weighted by Gasteiger charge is -2.11. The number of hydrogen-bond donors (Lipinski definition) is 0. The number of fused-ring (bicyclic) bond motifs is 1. The Bertz CT molecular complexity index is 1180. The number of carbonyl (C=O) groups excluding carboxylic acids is 1. The molecule has 3 aromatic heterocycles. The standard InChI is InChI=1S/C20H17FN4O4/c1-12(26)28-10-14-8-18(24-29-14)16-9-23-25(20(16)11-27-2)19-5-6-22-17-4-3-13(21)7-15(17)19/h3-9H,10-11H2,1-2H3. The van der Waals surface area contributed by atoms with Crippen LogP contribution < -0.4 is 0 Å². The number of esters is 1. The summed E-state index contributed by atoms with van der Waals surface area (Å²) in [6.07, 6.45) is 3.27. The van der Waals surface area contributed by atoms with E-state index in [1.807, 2.05) is 0 Å². The molecule has 8 nitrogen and oxygen atoms in total. The van der Waals surface area contributed by atoms with E-state index in [4.69, 9.17) is 14.0 Å². The van der Waals surface area contributed by atoms with Gasteiger partial charge < -0.3 is 14.0 Å². The molecule has 0 saturated carbocycles. The van der Waals surface area contributed by atoms with Crippen molar-refractivity contribution in [1.29, 1.82) is 0 Å². The summed E-state index contributed by atoms with van der Waals surface area (Å²) in [5, 5.41) is 9.13. The maximum absolute atomic E-state index is 13.8. The van der Waals surface area contributed by atoms with Crippen molar-refractivity contribution in [3.63, 3.8) is 0 Å². The van der Waals surface area contributed by atoms with Crippen LogP contribution in [-0.2, 0) is 27.5 Å². The molecule has 0 radical (unpaired) electrons. The predicted molar refractivity (Wildman–Crippen MR) is 101 cm³/mol. The summed E-state index contributed by atoms with van der Waals surface area (Å²) in [6.45, 7) is 1.55. The highest BCUT2D eigenvalue weighted by molar-refractivity contribution is 5.87. The number of rotatable bonds is 6. The second-order valence-electron chi connectivity index (χ2n) is 6.30. The van der Waals surface area contributed by atoms with Crippen molar-refractivity contribution in [2.75, 3.05) is 7.11 Å². The zero-order valence-electron chi connectivity index (χ0n) is 15.8. The fourth-order valence-corrected chi connectivity index (χ4v) is 3.04. The number of hydrogen-bond acceptors (Lipinski definition) is 7. The van der Waals surface area contributed by atoms with Gasteiger partial charge in [-0.3, -0.25) is 9.78 Å². The monoisotopic (exact) mass is 396 g/mol. The highest BCUT2D eigenvalue weighted by Gasteiger charge is 2.19. The molecule has 0 saturated heterocycles. The summed E-state index contributed by atoms with van der Waals surface area (Å²) in [5.41, 5.74) is 3.23. The van der Waals surface area contributed by atoms with Crippen molar-refractivity contribution in [2.45, 2.75) is 20.1 Å².